The number of carbonyl (C=O) groups is 1. The molecule has 0 aliphatic heterocycles. The SMILES string of the molecule is COC(=O)C1(CC=C(C)C)CC=CCC1. The lowest BCUT2D eigenvalue weighted by molar-refractivity contribution is -0.153. The van der Waals surface area contributed by atoms with Gasteiger partial charge in [0.2, 0.25) is 0 Å². The Hall–Kier alpha value is -1.05. The van der Waals surface area contributed by atoms with Crippen LogP contribution in [0.15, 0.2) is 23.8 Å². The summed E-state index contributed by atoms with van der Waals surface area (Å²) in [5.41, 5.74) is 0.952. The van der Waals surface area contributed by atoms with Gasteiger partial charge in [-0.3, -0.25) is 4.79 Å². The molecule has 0 heterocycles. The van der Waals surface area contributed by atoms with Gasteiger partial charge in [0.15, 0.2) is 0 Å². The standard InChI is InChI=1S/C13H20O2/c1-11(2)7-10-13(12(14)15-3)8-5-4-6-9-13/h4-5,7H,6,8-10H2,1-3H3. The lowest BCUT2D eigenvalue weighted by atomic mass is 9.74. The molecule has 84 valence electrons. The van der Waals surface area contributed by atoms with Crippen LogP contribution in [0.5, 0.6) is 0 Å². The molecule has 0 aromatic rings. The van der Waals surface area contributed by atoms with E-state index in [-0.39, 0.29) is 11.4 Å². The maximum absolute atomic E-state index is 11.8. The van der Waals surface area contributed by atoms with Crippen LogP contribution < -0.4 is 0 Å². The van der Waals surface area contributed by atoms with Gasteiger partial charge in [-0.25, -0.2) is 0 Å². The summed E-state index contributed by atoms with van der Waals surface area (Å²) in [5.74, 6) is -0.0654. The summed E-state index contributed by atoms with van der Waals surface area (Å²) < 4.78 is 4.92. The molecule has 0 bridgehead atoms. The molecular formula is C13H20O2. The zero-order valence-corrected chi connectivity index (χ0v) is 9.88. The van der Waals surface area contributed by atoms with Crippen molar-refractivity contribution in [3.8, 4) is 0 Å². The third kappa shape index (κ3) is 2.95. The molecule has 1 rings (SSSR count). The van der Waals surface area contributed by atoms with Gasteiger partial charge in [-0.15, -0.1) is 0 Å². The van der Waals surface area contributed by atoms with Crippen molar-refractivity contribution in [2.45, 2.75) is 39.5 Å². The molecule has 0 saturated carbocycles. The van der Waals surface area contributed by atoms with E-state index in [4.69, 9.17) is 4.74 Å². The molecule has 0 spiro atoms. The maximum atomic E-state index is 11.8. The van der Waals surface area contributed by atoms with Crippen molar-refractivity contribution >= 4 is 5.97 Å². The summed E-state index contributed by atoms with van der Waals surface area (Å²) in [6.07, 6.45) is 9.86. The van der Waals surface area contributed by atoms with Gasteiger partial charge in [-0.2, -0.15) is 0 Å². The van der Waals surface area contributed by atoms with Gasteiger partial charge in [0.05, 0.1) is 12.5 Å². The highest BCUT2D eigenvalue weighted by Crippen LogP contribution is 2.38. The van der Waals surface area contributed by atoms with Crippen LogP contribution in [-0.2, 0) is 9.53 Å². The molecule has 1 aliphatic carbocycles. The Morgan fingerprint density at radius 3 is 2.67 bits per heavy atom. The number of esters is 1. The zero-order valence-electron chi connectivity index (χ0n) is 9.88. The van der Waals surface area contributed by atoms with Gasteiger partial charge in [0, 0.05) is 0 Å². The molecule has 0 fully saturated rings. The number of hydrogen-bond donors (Lipinski definition) is 0. The maximum Gasteiger partial charge on any atom is 0.312 e. The van der Waals surface area contributed by atoms with Gasteiger partial charge in [-0.05, 0) is 39.5 Å². The fourth-order valence-electron chi connectivity index (χ4n) is 1.96. The van der Waals surface area contributed by atoms with Crippen molar-refractivity contribution in [2.24, 2.45) is 5.41 Å². The third-order valence-corrected chi connectivity index (χ3v) is 2.98. The van der Waals surface area contributed by atoms with E-state index in [1.54, 1.807) is 0 Å². The van der Waals surface area contributed by atoms with E-state index in [0.717, 1.165) is 25.7 Å². The summed E-state index contributed by atoms with van der Waals surface area (Å²) in [7, 11) is 1.48. The highest BCUT2D eigenvalue weighted by molar-refractivity contribution is 5.77. The van der Waals surface area contributed by atoms with Crippen LogP contribution in [-0.4, -0.2) is 13.1 Å². The van der Waals surface area contributed by atoms with Gasteiger partial charge in [0.1, 0.15) is 0 Å². The van der Waals surface area contributed by atoms with E-state index in [2.05, 4.69) is 32.1 Å². The molecule has 0 amide bonds. The molecule has 1 unspecified atom stereocenters. The second-order valence-electron chi connectivity index (χ2n) is 4.47. The fraction of sp³-hybridized carbons (Fsp3) is 0.615. The van der Waals surface area contributed by atoms with Gasteiger partial charge >= 0.3 is 5.97 Å². The molecule has 0 radical (unpaired) electrons. The van der Waals surface area contributed by atoms with Crippen molar-refractivity contribution < 1.29 is 9.53 Å². The summed E-state index contributed by atoms with van der Waals surface area (Å²) in [6, 6.07) is 0. The van der Waals surface area contributed by atoms with E-state index in [1.807, 2.05) is 0 Å². The lowest BCUT2D eigenvalue weighted by Crippen LogP contribution is -2.32. The van der Waals surface area contributed by atoms with Crippen LogP contribution in [0, 0.1) is 5.41 Å². The van der Waals surface area contributed by atoms with Crippen molar-refractivity contribution in [3.05, 3.63) is 23.8 Å². The Morgan fingerprint density at radius 2 is 2.20 bits per heavy atom. The summed E-state index contributed by atoms with van der Waals surface area (Å²) in [5, 5.41) is 0. The Balaban J connectivity index is 2.81. The second-order valence-corrected chi connectivity index (χ2v) is 4.47. The lowest BCUT2D eigenvalue weighted by Gasteiger charge is -2.31. The molecule has 1 atom stereocenters. The summed E-state index contributed by atoms with van der Waals surface area (Å²) >= 11 is 0. The molecule has 0 N–H and O–H groups in total. The monoisotopic (exact) mass is 208 g/mol. The molecule has 0 aromatic carbocycles. The van der Waals surface area contributed by atoms with Gasteiger partial charge < -0.3 is 4.74 Å². The normalized spacial score (nSPS) is 24.7. The number of methoxy groups -OCH3 is 1. The molecule has 1 aliphatic rings. The van der Waals surface area contributed by atoms with E-state index in [0.29, 0.717) is 0 Å². The molecule has 2 nitrogen and oxygen atoms in total. The van der Waals surface area contributed by atoms with Crippen LogP contribution in [0.3, 0.4) is 0 Å². The van der Waals surface area contributed by atoms with Crippen molar-refractivity contribution in [3.63, 3.8) is 0 Å². The largest absolute Gasteiger partial charge is 0.469 e. The van der Waals surface area contributed by atoms with Crippen molar-refractivity contribution in [2.75, 3.05) is 7.11 Å². The minimum absolute atomic E-state index is 0.0654. The van der Waals surface area contributed by atoms with E-state index >= 15 is 0 Å². The van der Waals surface area contributed by atoms with E-state index in [1.165, 1.54) is 12.7 Å². The first-order valence-electron chi connectivity index (χ1n) is 5.47. The highest BCUT2D eigenvalue weighted by atomic mass is 16.5. The highest BCUT2D eigenvalue weighted by Gasteiger charge is 2.37. The van der Waals surface area contributed by atoms with Gasteiger partial charge in [0.25, 0.3) is 0 Å². The third-order valence-electron chi connectivity index (χ3n) is 2.98. The van der Waals surface area contributed by atoms with Crippen LogP contribution in [0.25, 0.3) is 0 Å². The fourth-order valence-corrected chi connectivity index (χ4v) is 1.96. The molecule has 2 heteroatoms. The minimum Gasteiger partial charge on any atom is -0.469 e. The predicted molar refractivity (Wildman–Crippen MR) is 61.5 cm³/mol. The van der Waals surface area contributed by atoms with E-state index < -0.39 is 0 Å². The first-order chi connectivity index (χ1) is 7.10. The van der Waals surface area contributed by atoms with Crippen molar-refractivity contribution in [1.82, 2.24) is 0 Å². The van der Waals surface area contributed by atoms with Crippen molar-refractivity contribution in [1.29, 1.82) is 0 Å². The quantitative estimate of drug-likeness (QED) is 0.525. The first-order valence-corrected chi connectivity index (χ1v) is 5.47. The number of allylic oxidation sites excluding steroid dienone is 4. The number of rotatable bonds is 3. The number of ether oxygens (including phenoxy) is 1. The van der Waals surface area contributed by atoms with Crippen LogP contribution in [0.4, 0.5) is 0 Å². The average Bonchev–Trinajstić information content (AvgIpc) is 2.26. The van der Waals surface area contributed by atoms with Gasteiger partial charge in [-0.1, -0.05) is 23.8 Å². The second kappa shape index (κ2) is 5.15. The molecule has 0 aromatic heterocycles. The Morgan fingerprint density at radius 1 is 1.47 bits per heavy atom. The van der Waals surface area contributed by atoms with Crippen LogP contribution in [0.1, 0.15) is 39.5 Å². The Labute approximate surface area is 92.0 Å². The first kappa shape index (κ1) is 12.0. The minimum atomic E-state index is -0.305. The summed E-state index contributed by atoms with van der Waals surface area (Å²) in [6.45, 7) is 4.12. The van der Waals surface area contributed by atoms with E-state index in [9.17, 15) is 4.79 Å². The molecular weight excluding hydrogens is 188 g/mol. The molecule has 15 heavy (non-hydrogen) atoms. The Kier molecular flexibility index (Phi) is 4.13. The topological polar surface area (TPSA) is 26.3 Å². The number of carbonyl (C=O) groups excluding carboxylic acids is 1. The molecule has 0 saturated heterocycles. The Bertz CT molecular complexity index is 285. The number of hydrogen-bond acceptors (Lipinski definition) is 2. The smallest absolute Gasteiger partial charge is 0.312 e. The predicted octanol–water partition coefficient (Wildman–Crippen LogP) is 3.24. The zero-order chi connectivity index (χ0) is 11.3. The van der Waals surface area contributed by atoms with Crippen LogP contribution >= 0.6 is 0 Å². The van der Waals surface area contributed by atoms with Crippen LogP contribution in [0.2, 0.25) is 0 Å². The summed E-state index contributed by atoms with van der Waals surface area (Å²) in [4.78, 5) is 11.8. The average molecular weight is 208 g/mol.